The normalized spacial score (nSPS) is 16.8. The van der Waals surface area contributed by atoms with Gasteiger partial charge in [-0.2, -0.15) is 0 Å². The van der Waals surface area contributed by atoms with Crippen LogP contribution in [-0.4, -0.2) is 44.6 Å². The molecule has 24 heavy (non-hydrogen) atoms. The molecular formula is C18H28N2O3S. The van der Waals surface area contributed by atoms with E-state index in [1.54, 1.807) is 24.1 Å². The maximum atomic E-state index is 13.0. The Hall–Kier alpha value is -1.56. The minimum Gasteiger partial charge on any atom is -0.341 e. The molecule has 1 fully saturated rings. The lowest BCUT2D eigenvalue weighted by molar-refractivity contribution is -0.133. The maximum absolute atomic E-state index is 13.0. The second kappa shape index (κ2) is 7.55. The van der Waals surface area contributed by atoms with Crippen LogP contribution in [0, 0.1) is 6.92 Å². The average molecular weight is 353 g/mol. The number of nitrogens with zero attached hydrogens (tertiary/aromatic N) is 2. The van der Waals surface area contributed by atoms with E-state index in [1.807, 2.05) is 26.0 Å². The number of anilines is 1. The standard InChI is InChI=1S/C18H28N2O3S/c1-5-17(18(21)19(3)15-8-6-7-9-15)20(24(4,22)23)16-12-10-14(2)11-13-16/h10-13,15,17H,5-9H2,1-4H3/t17-/m1/s1. The van der Waals surface area contributed by atoms with E-state index < -0.39 is 16.1 Å². The molecule has 5 nitrogen and oxygen atoms in total. The van der Waals surface area contributed by atoms with Gasteiger partial charge < -0.3 is 4.90 Å². The van der Waals surface area contributed by atoms with Gasteiger partial charge in [0.15, 0.2) is 0 Å². The van der Waals surface area contributed by atoms with Crippen molar-refractivity contribution in [2.24, 2.45) is 0 Å². The molecule has 0 aromatic heterocycles. The van der Waals surface area contributed by atoms with E-state index in [2.05, 4.69) is 0 Å². The molecule has 0 spiro atoms. The van der Waals surface area contributed by atoms with E-state index in [9.17, 15) is 13.2 Å². The molecule has 1 atom stereocenters. The van der Waals surface area contributed by atoms with Gasteiger partial charge in [-0.3, -0.25) is 9.10 Å². The number of amides is 1. The highest BCUT2D eigenvalue weighted by molar-refractivity contribution is 7.92. The predicted molar refractivity (Wildman–Crippen MR) is 97.6 cm³/mol. The van der Waals surface area contributed by atoms with Crippen molar-refractivity contribution in [2.45, 2.75) is 58.0 Å². The first kappa shape index (κ1) is 18.8. The van der Waals surface area contributed by atoms with Crippen molar-refractivity contribution in [1.29, 1.82) is 0 Å². The summed E-state index contributed by atoms with van der Waals surface area (Å²) in [5, 5.41) is 0. The van der Waals surface area contributed by atoms with Gasteiger partial charge in [-0.1, -0.05) is 37.5 Å². The van der Waals surface area contributed by atoms with Crippen molar-refractivity contribution in [3.05, 3.63) is 29.8 Å². The van der Waals surface area contributed by atoms with Crippen molar-refractivity contribution < 1.29 is 13.2 Å². The number of rotatable bonds is 6. The average Bonchev–Trinajstić information content (AvgIpc) is 3.05. The van der Waals surface area contributed by atoms with Crippen LogP contribution < -0.4 is 4.31 Å². The van der Waals surface area contributed by atoms with E-state index in [0.717, 1.165) is 31.2 Å². The third kappa shape index (κ3) is 4.09. The second-order valence-corrected chi connectivity index (χ2v) is 8.57. The minimum absolute atomic E-state index is 0.115. The molecule has 1 saturated carbocycles. The molecule has 1 aromatic rings. The van der Waals surface area contributed by atoms with Gasteiger partial charge in [-0.25, -0.2) is 8.42 Å². The topological polar surface area (TPSA) is 57.7 Å². The second-order valence-electron chi connectivity index (χ2n) is 6.71. The molecule has 1 aliphatic rings. The summed E-state index contributed by atoms with van der Waals surface area (Å²) in [5.41, 5.74) is 1.60. The van der Waals surface area contributed by atoms with Gasteiger partial charge in [0, 0.05) is 13.1 Å². The summed E-state index contributed by atoms with van der Waals surface area (Å²) in [5.74, 6) is -0.115. The van der Waals surface area contributed by atoms with Crippen molar-refractivity contribution in [3.63, 3.8) is 0 Å². The monoisotopic (exact) mass is 352 g/mol. The van der Waals surface area contributed by atoms with Crippen LogP contribution in [0.15, 0.2) is 24.3 Å². The lowest BCUT2D eigenvalue weighted by Crippen LogP contribution is -2.51. The highest BCUT2D eigenvalue weighted by Gasteiger charge is 2.35. The smallest absolute Gasteiger partial charge is 0.246 e. The zero-order chi connectivity index (χ0) is 17.9. The summed E-state index contributed by atoms with van der Waals surface area (Å²) in [6.07, 6.45) is 5.87. The van der Waals surface area contributed by atoms with Crippen molar-refractivity contribution in [2.75, 3.05) is 17.6 Å². The molecule has 134 valence electrons. The van der Waals surface area contributed by atoms with Gasteiger partial charge in [0.1, 0.15) is 6.04 Å². The van der Waals surface area contributed by atoms with Gasteiger partial charge in [0.2, 0.25) is 15.9 Å². The van der Waals surface area contributed by atoms with Gasteiger partial charge in [0.05, 0.1) is 11.9 Å². The van der Waals surface area contributed by atoms with E-state index >= 15 is 0 Å². The Bertz CT molecular complexity index is 664. The van der Waals surface area contributed by atoms with Gasteiger partial charge in [-0.15, -0.1) is 0 Å². The van der Waals surface area contributed by atoms with Crippen LogP contribution in [0.5, 0.6) is 0 Å². The van der Waals surface area contributed by atoms with Crippen LogP contribution in [0.1, 0.15) is 44.6 Å². The molecule has 0 unspecified atom stereocenters. The first-order valence-electron chi connectivity index (χ1n) is 8.58. The van der Waals surface area contributed by atoms with Gasteiger partial charge in [-0.05, 0) is 38.3 Å². The number of sulfonamides is 1. The van der Waals surface area contributed by atoms with Crippen molar-refractivity contribution in [1.82, 2.24) is 4.90 Å². The van der Waals surface area contributed by atoms with Gasteiger partial charge in [0.25, 0.3) is 0 Å². The Morgan fingerprint density at radius 3 is 2.21 bits per heavy atom. The molecule has 1 aromatic carbocycles. The number of benzene rings is 1. The zero-order valence-electron chi connectivity index (χ0n) is 15.0. The first-order valence-corrected chi connectivity index (χ1v) is 10.4. The van der Waals surface area contributed by atoms with Crippen LogP contribution >= 0.6 is 0 Å². The quantitative estimate of drug-likeness (QED) is 0.791. The molecule has 0 heterocycles. The number of hydrogen-bond donors (Lipinski definition) is 0. The number of hydrogen-bond acceptors (Lipinski definition) is 3. The van der Waals surface area contributed by atoms with E-state index in [4.69, 9.17) is 0 Å². The van der Waals surface area contributed by atoms with E-state index in [0.29, 0.717) is 12.1 Å². The Labute approximate surface area is 145 Å². The third-order valence-electron chi connectivity index (χ3n) is 4.82. The fourth-order valence-electron chi connectivity index (χ4n) is 3.44. The third-order valence-corrected chi connectivity index (χ3v) is 6.00. The molecule has 6 heteroatoms. The number of likely N-dealkylation sites (N-methyl/N-ethyl adjacent to an activating group) is 1. The zero-order valence-corrected chi connectivity index (χ0v) is 15.8. The highest BCUT2D eigenvalue weighted by Crippen LogP contribution is 2.27. The molecule has 0 bridgehead atoms. The van der Waals surface area contributed by atoms with Crippen LogP contribution in [0.2, 0.25) is 0 Å². The predicted octanol–water partition coefficient (Wildman–Crippen LogP) is 2.94. The molecule has 2 rings (SSSR count). The van der Waals surface area contributed by atoms with Crippen molar-refractivity contribution >= 4 is 21.6 Å². The molecule has 0 radical (unpaired) electrons. The Kier molecular flexibility index (Phi) is 5.91. The maximum Gasteiger partial charge on any atom is 0.246 e. The Morgan fingerprint density at radius 2 is 1.75 bits per heavy atom. The SMILES string of the molecule is CC[C@H](C(=O)N(C)C1CCCC1)N(c1ccc(C)cc1)S(C)(=O)=O. The fourth-order valence-corrected chi connectivity index (χ4v) is 4.65. The first-order chi connectivity index (χ1) is 11.3. The van der Waals surface area contributed by atoms with Crippen LogP contribution in [0.4, 0.5) is 5.69 Å². The summed E-state index contributed by atoms with van der Waals surface area (Å²) in [6, 6.07) is 6.79. The molecular weight excluding hydrogens is 324 g/mol. The largest absolute Gasteiger partial charge is 0.341 e. The summed E-state index contributed by atoms with van der Waals surface area (Å²) in [6.45, 7) is 3.81. The lowest BCUT2D eigenvalue weighted by atomic mass is 10.1. The number of aryl methyl sites for hydroxylation is 1. The number of carbonyl (C=O) groups excluding carboxylic acids is 1. The summed E-state index contributed by atoms with van der Waals surface area (Å²) >= 11 is 0. The van der Waals surface area contributed by atoms with E-state index in [1.165, 1.54) is 10.6 Å². The Balaban J connectivity index is 2.35. The molecule has 0 N–H and O–H groups in total. The van der Waals surface area contributed by atoms with E-state index in [-0.39, 0.29) is 11.9 Å². The Morgan fingerprint density at radius 1 is 1.21 bits per heavy atom. The highest BCUT2D eigenvalue weighted by atomic mass is 32.2. The van der Waals surface area contributed by atoms with Crippen LogP contribution in [-0.2, 0) is 14.8 Å². The summed E-state index contributed by atoms with van der Waals surface area (Å²) in [7, 11) is -1.76. The minimum atomic E-state index is -3.56. The summed E-state index contributed by atoms with van der Waals surface area (Å²) < 4.78 is 26.1. The van der Waals surface area contributed by atoms with Crippen molar-refractivity contribution in [3.8, 4) is 0 Å². The lowest BCUT2D eigenvalue weighted by Gasteiger charge is -2.35. The molecule has 0 aliphatic heterocycles. The van der Waals surface area contributed by atoms with Gasteiger partial charge >= 0.3 is 0 Å². The molecule has 1 aliphatic carbocycles. The number of carbonyl (C=O) groups is 1. The fraction of sp³-hybridized carbons (Fsp3) is 0.611. The van der Waals surface area contributed by atoms with Crippen LogP contribution in [0.25, 0.3) is 0 Å². The molecule has 0 saturated heterocycles. The summed E-state index contributed by atoms with van der Waals surface area (Å²) in [4.78, 5) is 14.8. The molecule has 1 amide bonds. The van der Waals surface area contributed by atoms with Crippen LogP contribution in [0.3, 0.4) is 0 Å².